The Morgan fingerprint density at radius 3 is 2.19 bits per heavy atom. The normalized spacial score (nSPS) is 11.2. The second-order valence-corrected chi connectivity index (χ2v) is 5.57. The molecular formula is C9H12BrNO4S. The molecule has 0 fully saturated rings. The van der Waals surface area contributed by atoms with Gasteiger partial charge in [0.15, 0.2) is 11.5 Å². The van der Waals surface area contributed by atoms with Gasteiger partial charge in [0.25, 0.3) is 0 Å². The maximum atomic E-state index is 11.0. The van der Waals surface area contributed by atoms with Crippen LogP contribution in [-0.2, 0) is 15.8 Å². The molecule has 0 amide bonds. The van der Waals surface area contributed by atoms with Crippen molar-refractivity contribution in [2.45, 2.75) is 5.75 Å². The number of halogens is 1. The second-order valence-electron chi connectivity index (χ2n) is 3.11. The molecule has 0 aliphatic carbocycles. The lowest BCUT2D eigenvalue weighted by Gasteiger charge is -2.11. The highest BCUT2D eigenvalue weighted by atomic mass is 79.9. The molecule has 1 aromatic rings. The number of primary sulfonamides is 1. The first-order chi connectivity index (χ1) is 7.37. The number of hydrogen-bond acceptors (Lipinski definition) is 4. The van der Waals surface area contributed by atoms with Crippen molar-refractivity contribution >= 4 is 26.0 Å². The predicted octanol–water partition coefficient (Wildman–Crippen LogP) is 1.25. The Morgan fingerprint density at radius 1 is 1.25 bits per heavy atom. The minimum atomic E-state index is -3.57. The summed E-state index contributed by atoms with van der Waals surface area (Å²) in [6, 6.07) is 3.21. The van der Waals surface area contributed by atoms with Gasteiger partial charge in [-0.3, -0.25) is 0 Å². The average Bonchev–Trinajstić information content (AvgIpc) is 2.18. The molecule has 1 aromatic carbocycles. The summed E-state index contributed by atoms with van der Waals surface area (Å²) in [6.07, 6.45) is 0. The summed E-state index contributed by atoms with van der Waals surface area (Å²) in [6.45, 7) is 0. The van der Waals surface area contributed by atoms with Crippen LogP contribution in [0.15, 0.2) is 16.6 Å². The molecule has 0 aliphatic rings. The van der Waals surface area contributed by atoms with Crippen LogP contribution in [0.3, 0.4) is 0 Å². The zero-order valence-electron chi connectivity index (χ0n) is 8.86. The zero-order valence-corrected chi connectivity index (χ0v) is 11.3. The smallest absolute Gasteiger partial charge is 0.213 e. The van der Waals surface area contributed by atoms with Gasteiger partial charge in [0.1, 0.15) is 0 Å². The predicted molar refractivity (Wildman–Crippen MR) is 64.1 cm³/mol. The van der Waals surface area contributed by atoms with Gasteiger partial charge >= 0.3 is 0 Å². The van der Waals surface area contributed by atoms with Crippen LogP contribution in [0.5, 0.6) is 11.5 Å². The highest BCUT2D eigenvalue weighted by Crippen LogP contribution is 2.33. The van der Waals surface area contributed by atoms with Crippen molar-refractivity contribution in [2.24, 2.45) is 5.14 Å². The van der Waals surface area contributed by atoms with E-state index in [0.717, 1.165) is 0 Å². The largest absolute Gasteiger partial charge is 0.493 e. The van der Waals surface area contributed by atoms with Gasteiger partial charge in [-0.25, -0.2) is 13.6 Å². The number of benzene rings is 1. The topological polar surface area (TPSA) is 78.6 Å². The van der Waals surface area contributed by atoms with Crippen LogP contribution in [0.4, 0.5) is 0 Å². The Balaban J connectivity index is 3.21. The zero-order chi connectivity index (χ0) is 12.3. The van der Waals surface area contributed by atoms with Gasteiger partial charge in [0.2, 0.25) is 10.0 Å². The quantitative estimate of drug-likeness (QED) is 0.908. The Labute approximate surface area is 103 Å². The molecule has 7 heteroatoms. The molecule has 0 saturated heterocycles. The van der Waals surface area contributed by atoms with Crippen LogP contribution in [0.1, 0.15) is 5.56 Å². The highest BCUT2D eigenvalue weighted by molar-refractivity contribution is 9.10. The lowest BCUT2D eigenvalue weighted by Crippen LogP contribution is -2.14. The lowest BCUT2D eigenvalue weighted by atomic mass is 10.2. The first kappa shape index (κ1) is 13.3. The van der Waals surface area contributed by atoms with E-state index >= 15 is 0 Å². The fourth-order valence-electron chi connectivity index (χ4n) is 1.22. The van der Waals surface area contributed by atoms with E-state index in [1.54, 1.807) is 12.1 Å². The first-order valence-electron chi connectivity index (χ1n) is 4.28. The third-order valence-corrected chi connectivity index (χ3v) is 3.36. The molecule has 0 unspecified atom stereocenters. The fourth-order valence-corrected chi connectivity index (χ4v) is 2.54. The van der Waals surface area contributed by atoms with Crippen LogP contribution in [0.25, 0.3) is 0 Å². The number of ether oxygens (including phenoxy) is 2. The van der Waals surface area contributed by atoms with E-state index in [2.05, 4.69) is 15.9 Å². The molecule has 90 valence electrons. The van der Waals surface area contributed by atoms with Crippen molar-refractivity contribution in [2.75, 3.05) is 14.2 Å². The molecule has 0 aliphatic heterocycles. The molecule has 1 rings (SSSR count). The SMILES string of the molecule is COc1cc(Br)c(CS(N)(=O)=O)cc1OC. The summed E-state index contributed by atoms with van der Waals surface area (Å²) in [5, 5.41) is 4.98. The van der Waals surface area contributed by atoms with Gasteiger partial charge in [0.05, 0.1) is 20.0 Å². The molecule has 16 heavy (non-hydrogen) atoms. The summed E-state index contributed by atoms with van der Waals surface area (Å²) in [5.74, 6) is 0.727. The van der Waals surface area contributed by atoms with Crippen molar-refractivity contribution < 1.29 is 17.9 Å². The third kappa shape index (κ3) is 3.36. The molecule has 0 bridgehead atoms. The van der Waals surface area contributed by atoms with Gasteiger partial charge < -0.3 is 9.47 Å². The summed E-state index contributed by atoms with van der Waals surface area (Å²) in [4.78, 5) is 0. The van der Waals surface area contributed by atoms with Gasteiger partial charge in [0, 0.05) is 4.47 Å². The Morgan fingerprint density at radius 2 is 1.75 bits per heavy atom. The van der Waals surface area contributed by atoms with Crippen molar-refractivity contribution in [3.8, 4) is 11.5 Å². The summed E-state index contributed by atoms with van der Waals surface area (Å²) >= 11 is 3.25. The van der Waals surface area contributed by atoms with Crippen LogP contribution >= 0.6 is 15.9 Å². The number of rotatable bonds is 4. The standard InChI is InChI=1S/C9H12BrNO4S/c1-14-8-3-6(5-16(11,12)13)7(10)4-9(8)15-2/h3-4H,5H2,1-2H3,(H2,11,12,13). The van der Waals surface area contributed by atoms with E-state index < -0.39 is 10.0 Å². The molecular weight excluding hydrogens is 298 g/mol. The number of sulfonamides is 1. The highest BCUT2D eigenvalue weighted by Gasteiger charge is 2.13. The minimum absolute atomic E-state index is 0.256. The summed E-state index contributed by atoms with van der Waals surface area (Å²) in [7, 11) is -0.588. The lowest BCUT2D eigenvalue weighted by molar-refractivity contribution is 0.354. The average molecular weight is 310 g/mol. The van der Waals surface area contributed by atoms with E-state index in [9.17, 15) is 8.42 Å². The second kappa shape index (κ2) is 5.03. The number of hydrogen-bond donors (Lipinski definition) is 1. The van der Waals surface area contributed by atoms with Gasteiger partial charge in [-0.1, -0.05) is 15.9 Å². The third-order valence-electron chi connectivity index (χ3n) is 1.91. The minimum Gasteiger partial charge on any atom is -0.493 e. The van der Waals surface area contributed by atoms with Gasteiger partial charge in [-0.05, 0) is 17.7 Å². The molecule has 0 radical (unpaired) electrons. The van der Waals surface area contributed by atoms with E-state index in [0.29, 0.717) is 21.5 Å². The van der Waals surface area contributed by atoms with E-state index in [1.807, 2.05) is 0 Å². The molecule has 5 nitrogen and oxygen atoms in total. The molecule has 2 N–H and O–H groups in total. The van der Waals surface area contributed by atoms with E-state index in [1.165, 1.54) is 14.2 Å². The van der Waals surface area contributed by atoms with Gasteiger partial charge in [-0.15, -0.1) is 0 Å². The first-order valence-corrected chi connectivity index (χ1v) is 6.79. The monoisotopic (exact) mass is 309 g/mol. The molecule has 0 spiro atoms. The fraction of sp³-hybridized carbons (Fsp3) is 0.333. The van der Waals surface area contributed by atoms with Crippen LogP contribution in [0, 0.1) is 0 Å². The van der Waals surface area contributed by atoms with Crippen molar-refractivity contribution in [1.82, 2.24) is 0 Å². The number of methoxy groups -OCH3 is 2. The molecule has 0 heterocycles. The van der Waals surface area contributed by atoms with Crippen LogP contribution in [0.2, 0.25) is 0 Å². The summed E-state index contributed by atoms with van der Waals surface area (Å²) in [5.41, 5.74) is 0.528. The van der Waals surface area contributed by atoms with Gasteiger partial charge in [-0.2, -0.15) is 0 Å². The Hall–Kier alpha value is -0.790. The Bertz CT molecular complexity index is 487. The molecule has 0 aromatic heterocycles. The summed E-state index contributed by atoms with van der Waals surface area (Å²) < 4.78 is 32.7. The molecule has 0 atom stereocenters. The van der Waals surface area contributed by atoms with Crippen LogP contribution in [-0.4, -0.2) is 22.6 Å². The maximum Gasteiger partial charge on any atom is 0.213 e. The van der Waals surface area contributed by atoms with Crippen LogP contribution < -0.4 is 14.6 Å². The van der Waals surface area contributed by atoms with Crippen molar-refractivity contribution in [3.63, 3.8) is 0 Å². The number of nitrogens with two attached hydrogens (primary N) is 1. The Kier molecular flexibility index (Phi) is 4.17. The van der Waals surface area contributed by atoms with E-state index in [4.69, 9.17) is 14.6 Å². The molecule has 0 saturated carbocycles. The van der Waals surface area contributed by atoms with Crippen molar-refractivity contribution in [3.05, 3.63) is 22.2 Å². The maximum absolute atomic E-state index is 11.0. The van der Waals surface area contributed by atoms with E-state index in [-0.39, 0.29) is 5.75 Å². The van der Waals surface area contributed by atoms with Crippen molar-refractivity contribution in [1.29, 1.82) is 0 Å².